The van der Waals surface area contributed by atoms with E-state index in [4.69, 9.17) is 0 Å². The van der Waals surface area contributed by atoms with E-state index in [-0.39, 0.29) is 0 Å². The highest BCUT2D eigenvalue weighted by atomic mass is 14.2. The molecule has 0 bridgehead atoms. The fraction of sp³-hybridized carbons (Fsp3) is 0.529. The normalized spacial score (nSPS) is 12.0. The molecule has 0 aliphatic rings. The summed E-state index contributed by atoms with van der Waals surface area (Å²) >= 11 is 0. The van der Waals surface area contributed by atoms with Crippen molar-refractivity contribution in [2.75, 3.05) is 0 Å². The van der Waals surface area contributed by atoms with E-state index in [1.807, 2.05) is 0 Å². The Bertz CT molecular complexity index is 365. The second-order valence-electron chi connectivity index (χ2n) is 5.48. The van der Waals surface area contributed by atoms with Crippen molar-refractivity contribution in [3.63, 3.8) is 0 Å². The van der Waals surface area contributed by atoms with E-state index in [1.165, 1.54) is 22.3 Å². The molecule has 94 valence electrons. The lowest BCUT2D eigenvalue weighted by molar-refractivity contribution is 0.826. The van der Waals surface area contributed by atoms with Crippen molar-refractivity contribution >= 4 is 6.08 Å². The molecule has 0 radical (unpaired) electrons. The van der Waals surface area contributed by atoms with E-state index in [0.29, 0.717) is 11.8 Å². The molecule has 0 spiro atoms. The first-order valence-electron chi connectivity index (χ1n) is 6.78. The van der Waals surface area contributed by atoms with Crippen LogP contribution in [-0.2, 0) is 0 Å². The van der Waals surface area contributed by atoms with Crippen LogP contribution in [0.4, 0.5) is 0 Å². The van der Waals surface area contributed by atoms with Crippen LogP contribution in [-0.4, -0.2) is 0 Å². The van der Waals surface area contributed by atoms with E-state index >= 15 is 0 Å². The van der Waals surface area contributed by atoms with Gasteiger partial charge in [0.05, 0.1) is 0 Å². The molecule has 0 unspecified atom stereocenters. The molecule has 0 aliphatic heterocycles. The Balaban J connectivity index is 3.41. The summed E-state index contributed by atoms with van der Waals surface area (Å²) in [5, 5.41) is 0. The van der Waals surface area contributed by atoms with Crippen LogP contribution in [0.2, 0.25) is 0 Å². The Morgan fingerprint density at radius 2 is 1.47 bits per heavy atom. The first-order chi connectivity index (χ1) is 7.97. The van der Waals surface area contributed by atoms with Gasteiger partial charge in [0, 0.05) is 0 Å². The van der Waals surface area contributed by atoms with E-state index in [2.05, 4.69) is 65.8 Å². The molecule has 1 rings (SSSR count). The zero-order valence-corrected chi connectivity index (χ0v) is 12.2. The van der Waals surface area contributed by atoms with Gasteiger partial charge in [-0.2, -0.15) is 0 Å². The first-order valence-corrected chi connectivity index (χ1v) is 6.78. The fourth-order valence-corrected chi connectivity index (χ4v) is 2.24. The summed E-state index contributed by atoms with van der Waals surface area (Å²) in [7, 11) is 0. The van der Waals surface area contributed by atoms with E-state index < -0.39 is 0 Å². The third-order valence-electron chi connectivity index (χ3n) is 3.15. The maximum atomic E-state index is 2.34. The first kappa shape index (κ1) is 14.0. The number of hydrogen-bond acceptors (Lipinski definition) is 0. The van der Waals surface area contributed by atoms with Crippen molar-refractivity contribution in [2.45, 2.75) is 59.8 Å². The van der Waals surface area contributed by atoms with Crippen LogP contribution in [0.25, 0.3) is 6.08 Å². The number of benzene rings is 1. The van der Waals surface area contributed by atoms with Gasteiger partial charge < -0.3 is 0 Å². The van der Waals surface area contributed by atoms with Gasteiger partial charge in [-0.25, -0.2) is 0 Å². The molecule has 0 amide bonds. The SMILES string of the molecule is CCC=Cc1c(C(C)C)cc(C)cc1C(C)C. The highest BCUT2D eigenvalue weighted by molar-refractivity contribution is 5.60. The van der Waals surface area contributed by atoms with E-state index in [0.717, 1.165) is 6.42 Å². The van der Waals surface area contributed by atoms with Crippen molar-refractivity contribution < 1.29 is 0 Å². The zero-order valence-electron chi connectivity index (χ0n) is 12.2. The molecule has 17 heavy (non-hydrogen) atoms. The van der Waals surface area contributed by atoms with Gasteiger partial charge in [-0.15, -0.1) is 0 Å². The molecule has 0 fully saturated rings. The molecule has 0 saturated heterocycles. The van der Waals surface area contributed by atoms with Crippen LogP contribution in [0.1, 0.15) is 75.1 Å². The van der Waals surface area contributed by atoms with Gasteiger partial charge >= 0.3 is 0 Å². The summed E-state index contributed by atoms with van der Waals surface area (Å²) in [5.74, 6) is 1.17. The standard InChI is InChI=1S/C17H26/c1-7-8-9-15-16(12(2)3)10-14(6)11-17(15)13(4)5/h8-13H,7H2,1-6H3. The van der Waals surface area contributed by atoms with Crippen molar-refractivity contribution in [1.29, 1.82) is 0 Å². The second kappa shape index (κ2) is 6.05. The van der Waals surface area contributed by atoms with Gasteiger partial charge in [-0.3, -0.25) is 0 Å². The molecule has 0 aromatic heterocycles. The number of aryl methyl sites for hydroxylation is 1. The molecule has 0 heteroatoms. The summed E-state index contributed by atoms with van der Waals surface area (Å²) in [4.78, 5) is 0. The van der Waals surface area contributed by atoms with Gasteiger partial charge in [-0.05, 0) is 41.9 Å². The molecule has 0 saturated carbocycles. The minimum absolute atomic E-state index is 0.587. The van der Waals surface area contributed by atoms with E-state index in [9.17, 15) is 0 Å². The summed E-state index contributed by atoms with van der Waals surface area (Å²) in [6.07, 6.45) is 5.68. The lowest BCUT2D eigenvalue weighted by Crippen LogP contribution is -2.01. The van der Waals surface area contributed by atoms with Gasteiger partial charge in [0.15, 0.2) is 0 Å². The lowest BCUT2D eigenvalue weighted by atomic mass is 9.86. The zero-order chi connectivity index (χ0) is 13.0. The molecule has 0 heterocycles. The maximum Gasteiger partial charge on any atom is -0.0190 e. The van der Waals surface area contributed by atoms with Gasteiger partial charge in [0.25, 0.3) is 0 Å². The van der Waals surface area contributed by atoms with Gasteiger partial charge in [0.1, 0.15) is 0 Å². The summed E-state index contributed by atoms with van der Waals surface area (Å²) in [6.45, 7) is 13.5. The van der Waals surface area contributed by atoms with Crippen LogP contribution >= 0.6 is 0 Å². The van der Waals surface area contributed by atoms with Gasteiger partial charge in [0.2, 0.25) is 0 Å². The van der Waals surface area contributed by atoms with Crippen molar-refractivity contribution in [3.05, 3.63) is 40.5 Å². The third kappa shape index (κ3) is 3.46. The molecule has 0 aliphatic carbocycles. The highest BCUT2D eigenvalue weighted by Gasteiger charge is 2.12. The van der Waals surface area contributed by atoms with E-state index in [1.54, 1.807) is 0 Å². The number of allylic oxidation sites excluding steroid dienone is 1. The highest BCUT2D eigenvalue weighted by Crippen LogP contribution is 2.30. The second-order valence-corrected chi connectivity index (χ2v) is 5.48. The Kier molecular flexibility index (Phi) is 4.99. The average Bonchev–Trinajstić information content (AvgIpc) is 2.26. The predicted octanol–water partition coefficient (Wildman–Crippen LogP) is 5.67. The number of hydrogen-bond donors (Lipinski definition) is 0. The van der Waals surface area contributed by atoms with Crippen LogP contribution < -0.4 is 0 Å². The largest absolute Gasteiger partial charge is 0.0842 e. The minimum Gasteiger partial charge on any atom is -0.0842 e. The number of rotatable bonds is 4. The molecule has 0 N–H and O–H groups in total. The van der Waals surface area contributed by atoms with Crippen molar-refractivity contribution in [3.8, 4) is 0 Å². The smallest absolute Gasteiger partial charge is 0.0190 e. The quantitative estimate of drug-likeness (QED) is 0.625. The third-order valence-corrected chi connectivity index (χ3v) is 3.15. The Morgan fingerprint density at radius 1 is 1.00 bits per heavy atom. The van der Waals surface area contributed by atoms with Crippen LogP contribution in [0.3, 0.4) is 0 Å². The predicted molar refractivity (Wildman–Crippen MR) is 78.7 cm³/mol. The topological polar surface area (TPSA) is 0 Å². The Morgan fingerprint density at radius 3 is 1.82 bits per heavy atom. The monoisotopic (exact) mass is 230 g/mol. The Labute approximate surface area is 107 Å². The molecule has 0 atom stereocenters. The fourth-order valence-electron chi connectivity index (χ4n) is 2.24. The summed E-state index contributed by atoms with van der Waals surface area (Å²) in [5.41, 5.74) is 5.80. The Hall–Kier alpha value is -1.04. The summed E-state index contributed by atoms with van der Waals surface area (Å²) < 4.78 is 0. The molecular weight excluding hydrogens is 204 g/mol. The maximum absolute atomic E-state index is 2.34. The average molecular weight is 230 g/mol. The van der Waals surface area contributed by atoms with Crippen LogP contribution in [0, 0.1) is 6.92 Å². The molecular formula is C17H26. The van der Waals surface area contributed by atoms with Gasteiger partial charge in [-0.1, -0.05) is 64.5 Å². The van der Waals surface area contributed by atoms with Crippen LogP contribution in [0.5, 0.6) is 0 Å². The lowest BCUT2D eigenvalue weighted by Gasteiger charge is -2.18. The molecule has 0 nitrogen and oxygen atoms in total. The molecule has 1 aromatic carbocycles. The summed E-state index contributed by atoms with van der Waals surface area (Å²) in [6, 6.07) is 4.68. The van der Waals surface area contributed by atoms with Crippen molar-refractivity contribution in [2.24, 2.45) is 0 Å². The minimum atomic E-state index is 0.587. The van der Waals surface area contributed by atoms with Crippen molar-refractivity contribution in [1.82, 2.24) is 0 Å². The van der Waals surface area contributed by atoms with Crippen LogP contribution in [0.15, 0.2) is 18.2 Å². The molecule has 1 aromatic rings.